The van der Waals surface area contributed by atoms with Crippen molar-refractivity contribution in [1.82, 2.24) is 15.4 Å². The number of nitrogens with one attached hydrogen (secondary N) is 2. The molecule has 0 saturated heterocycles. The van der Waals surface area contributed by atoms with Gasteiger partial charge in [-0.15, -0.1) is 0 Å². The molecule has 5 nitrogen and oxygen atoms in total. The number of nitrogens with zero attached hydrogens (tertiary/aromatic N) is 2. The summed E-state index contributed by atoms with van der Waals surface area (Å²) in [6.07, 6.45) is 2.73. The first-order chi connectivity index (χ1) is 7.63. The number of hydrogen-bond donors (Lipinski definition) is 2. The van der Waals surface area contributed by atoms with Crippen LogP contribution in [0.25, 0.3) is 0 Å². The van der Waals surface area contributed by atoms with Crippen LogP contribution in [0.2, 0.25) is 0 Å². The number of aromatic nitrogens is 1. The summed E-state index contributed by atoms with van der Waals surface area (Å²) in [6, 6.07) is 3.56. The van der Waals surface area contributed by atoms with Crippen LogP contribution in [0.4, 0.5) is 5.69 Å². The molecule has 0 unspecified atom stereocenters. The summed E-state index contributed by atoms with van der Waals surface area (Å²) < 4.78 is 0. The lowest BCUT2D eigenvalue weighted by atomic mass is 10.3. The lowest BCUT2D eigenvalue weighted by Crippen LogP contribution is -2.36. The van der Waals surface area contributed by atoms with Crippen LogP contribution in [0.1, 0.15) is 23.8 Å². The average molecular weight is 222 g/mol. The molecule has 0 aliphatic carbocycles. The van der Waals surface area contributed by atoms with E-state index in [0.29, 0.717) is 5.69 Å². The molecule has 5 heteroatoms. The highest BCUT2D eigenvalue weighted by atomic mass is 16.2. The highest BCUT2D eigenvalue weighted by molar-refractivity contribution is 5.92. The molecule has 0 bridgehead atoms. The summed E-state index contributed by atoms with van der Waals surface area (Å²) in [4.78, 5) is 15.6. The Morgan fingerprint density at radius 3 is 2.69 bits per heavy atom. The number of anilines is 1. The van der Waals surface area contributed by atoms with Crippen molar-refractivity contribution in [2.24, 2.45) is 0 Å². The number of amides is 1. The molecule has 0 fully saturated rings. The molecule has 0 aromatic carbocycles. The summed E-state index contributed by atoms with van der Waals surface area (Å²) >= 11 is 0. The number of hydrazine groups is 1. The van der Waals surface area contributed by atoms with E-state index in [9.17, 15) is 4.79 Å². The smallest absolute Gasteiger partial charge is 0.284 e. The third-order valence-electron chi connectivity index (χ3n) is 1.90. The quantitative estimate of drug-likeness (QED) is 0.733. The van der Waals surface area contributed by atoms with E-state index in [4.69, 9.17) is 0 Å². The number of carbonyl (C=O) groups excluding carboxylic acids is 1. The monoisotopic (exact) mass is 222 g/mol. The van der Waals surface area contributed by atoms with Gasteiger partial charge < -0.3 is 5.32 Å². The Balaban J connectivity index is 2.60. The molecule has 0 aliphatic rings. The molecular weight excluding hydrogens is 204 g/mol. The van der Waals surface area contributed by atoms with Gasteiger partial charge in [-0.2, -0.15) is 0 Å². The van der Waals surface area contributed by atoms with Crippen molar-refractivity contribution in [3.8, 4) is 0 Å². The molecule has 16 heavy (non-hydrogen) atoms. The Labute approximate surface area is 95.8 Å². The van der Waals surface area contributed by atoms with Crippen LogP contribution >= 0.6 is 0 Å². The lowest BCUT2D eigenvalue weighted by molar-refractivity contribution is 0.0851. The van der Waals surface area contributed by atoms with E-state index in [1.807, 2.05) is 6.07 Å². The number of rotatable bonds is 5. The van der Waals surface area contributed by atoms with Crippen LogP contribution in [-0.2, 0) is 0 Å². The fraction of sp³-hybridized carbons (Fsp3) is 0.455. The standard InChI is InChI=1S/C11H18N4O/c1-4-7-12-9-5-6-10(13-8-9)11(16)14-15(2)3/h5-6,8,12H,4,7H2,1-3H3,(H,14,16). The summed E-state index contributed by atoms with van der Waals surface area (Å²) in [5.41, 5.74) is 3.98. The van der Waals surface area contributed by atoms with Gasteiger partial charge in [-0.3, -0.25) is 10.2 Å². The zero-order valence-corrected chi connectivity index (χ0v) is 9.95. The largest absolute Gasteiger partial charge is 0.384 e. The van der Waals surface area contributed by atoms with Gasteiger partial charge >= 0.3 is 0 Å². The minimum atomic E-state index is -0.202. The Morgan fingerprint density at radius 2 is 2.19 bits per heavy atom. The van der Waals surface area contributed by atoms with E-state index in [0.717, 1.165) is 18.7 Å². The van der Waals surface area contributed by atoms with E-state index in [-0.39, 0.29) is 5.91 Å². The van der Waals surface area contributed by atoms with Crippen LogP contribution in [0.3, 0.4) is 0 Å². The molecule has 0 saturated carbocycles. The van der Waals surface area contributed by atoms with E-state index in [2.05, 4.69) is 22.7 Å². The third-order valence-corrected chi connectivity index (χ3v) is 1.90. The minimum Gasteiger partial charge on any atom is -0.384 e. The first kappa shape index (κ1) is 12.4. The predicted molar refractivity (Wildman–Crippen MR) is 64.2 cm³/mol. The molecule has 88 valence electrons. The maximum absolute atomic E-state index is 11.5. The van der Waals surface area contributed by atoms with Gasteiger partial charge in [-0.05, 0) is 18.6 Å². The summed E-state index contributed by atoms with van der Waals surface area (Å²) in [7, 11) is 3.52. The topological polar surface area (TPSA) is 57.3 Å². The van der Waals surface area contributed by atoms with E-state index in [1.54, 1.807) is 31.4 Å². The molecule has 0 aliphatic heterocycles. The molecule has 2 N–H and O–H groups in total. The highest BCUT2D eigenvalue weighted by Gasteiger charge is 2.06. The second-order valence-electron chi connectivity index (χ2n) is 3.69. The molecule has 1 amide bonds. The van der Waals surface area contributed by atoms with Gasteiger partial charge in [0.2, 0.25) is 0 Å². The molecule has 1 aromatic rings. The predicted octanol–water partition coefficient (Wildman–Crippen LogP) is 1.11. The summed E-state index contributed by atoms with van der Waals surface area (Å²) in [5, 5.41) is 4.79. The van der Waals surface area contributed by atoms with Crippen molar-refractivity contribution in [3.63, 3.8) is 0 Å². The van der Waals surface area contributed by atoms with Crippen LogP contribution in [0, 0.1) is 0 Å². The lowest BCUT2D eigenvalue weighted by Gasteiger charge is -2.11. The van der Waals surface area contributed by atoms with Crippen LogP contribution in [0.5, 0.6) is 0 Å². The van der Waals surface area contributed by atoms with Crippen molar-refractivity contribution in [1.29, 1.82) is 0 Å². The van der Waals surface area contributed by atoms with Crippen LogP contribution < -0.4 is 10.7 Å². The Hall–Kier alpha value is -1.62. The van der Waals surface area contributed by atoms with Crippen LogP contribution in [-0.4, -0.2) is 36.5 Å². The van der Waals surface area contributed by atoms with Gasteiger partial charge in [0.1, 0.15) is 5.69 Å². The maximum atomic E-state index is 11.5. The van der Waals surface area contributed by atoms with Gasteiger partial charge in [0.05, 0.1) is 11.9 Å². The summed E-state index contributed by atoms with van der Waals surface area (Å²) in [6.45, 7) is 3.00. The van der Waals surface area contributed by atoms with E-state index < -0.39 is 0 Å². The molecule has 0 radical (unpaired) electrons. The Kier molecular flexibility index (Phi) is 4.72. The van der Waals surface area contributed by atoms with Gasteiger partial charge in [0.15, 0.2) is 0 Å². The van der Waals surface area contributed by atoms with Crippen molar-refractivity contribution in [2.45, 2.75) is 13.3 Å². The number of carbonyl (C=O) groups is 1. The van der Waals surface area contributed by atoms with Gasteiger partial charge in [0.25, 0.3) is 5.91 Å². The SMILES string of the molecule is CCCNc1ccc(C(=O)NN(C)C)nc1. The first-order valence-electron chi connectivity index (χ1n) is 5.31. The Morgan fingerprint density at radius 1 is 1.44 bits per heavy atom. The second-order valence-corrected chi connectivity index (χ2v) is 3.69. The zero-order valence-electron chi connectivity index (χ0n) is 9.95. The summed E-state index contributed by atoms with van der Waals surface area (Å²) in [5.74, 6) is -0.202. The zero-order chi connectivity index (χ0) is 12.0. The van der Waals surface area contributed by atoms with Gasteiger partial charge in [-0.1, -0.05) is 6.92 Å². The van der Waals surface area contributed by atoms with Crippen molar-refractivity contribution >= 4 is 11.6 Å². The maximum Gasteiger partial charge on any atom is 0.284 e. The average Bonchev–Trinajstić information content (AvgIpc) is 2.26. The third kappa shape index (κ3) is 3.86. The van der Waals surface area contributed by atoms with E-state index >= 15 is 0 Å². The van der Waals surface area contributed by atoms with Gasteiger partial charge in [0, 0.05) is 20.6 Å². The van der Waals surface area contributed by atoms with Crippen molar-refractivity contribution in [2.75, 3.05) is 26.0 Å². The minimum absolute atomic E-state index is 0.202. The Bertz CT molecular complexity index is 334. The van der Waals surface area contributed by atoms with E-state index in [1.165, 1.54) is 0 Å². The number of pyridine rings is 1. The molecule has 1 aromatic heterocycles. The number of hydrogen-bond acceptors (Lipinski definition) is 4. The fourth-order valence-electron chi connectivity index (χ4n) is 1.16. The normalized spacial score (nSPS) is 10.2. The first-order valence-corrected chi connectivity index (χ1v) is 5.31. The molecule has 1 rings (SSSR count). The van der Waals surface area contributed by atoms with Crippen LogP contribution in [0.15, 0.2) is 18.3 Å². The van der Waals surface area contributed by atoms with Gasteiger partial charge in [-0.25, -0.2) is 9.99 Å². The second kappa shape index (κ2) is 6.07. The molecular formula is C11H18N4O. The molecule has 0 atom stereocenters. The molecule has 0 spiro atoms. The van der Waals surface area contributed by atoms with Crippen molar-refractivity contribution < 1.29 is 4.79 Å². The van der Waals surface area contributed by atoms with Crippen molar-refractivity contribution in [3.05, 3.63) is 24.0 Å². The molecule has 1 heterocycles. The highest BCUT2D eigenvalue weighted by Crippen LogP contribution is 2.05. The fourth-order valence-corrected chi connectivity index (χ4v) is 1.16.